The second kappa shape index (κ2) is 6.73. The molecule has 1 aromatic heterocycles. The normalized spacial score (nSPS) is 15.1. The van der Waals surface area contributed by atoms with Crippen molar-refractivity contribution in [3.05, 3.63) is 40.9 Å². The lowest BCUT2D eigenvalue weighted by Crippen LogP contribution is -2.38. The average molecular weight is 344 g/mol. The number of amides is 1. The molecule has 1 N–H and O–H groups in total. The molecule has 2 aromatic rings. The number of carbonyl (C=O) groups is 2. The highest BCUT2D eigenvalue weighted by molar-refractivity contribution is 7.13. The molecule has 1 saturated carbocycles. The summed E-state index contributed by atoms with van der Waals surface area (Å²) < 4.78 is 0. The summed E-state index contributed by atoms with van der Waals surface area (Å²) in [5.74, 6) is -1.63. The Morgan fingerprint density at radius 3 is 2.71 bits per heavy atom. The Morgan fingerprint density at radius 1 is 1.38 bits per heavy atom. The van der Waals surface area contributed by atoms with Crippen molar-refractivity contribution in [2.24, 2.45) is 5.92 Å². The summed E-state index contributed by atoms with van der Waals surface area (Å²) >= 11 is 1.44. The summed E-state index contributed by atoms with van der Waals surface area (Å²) in [6.07, 6.45) is 1.87. The van der Waals surface area contributed by atoms with E-state index in [4.69, 9.17) is 5.11 Å². The number of carboxylic acids is 1. The molecule has 6 heteroatoms. The van der Waals surface area contributed by atoms with Crippen LogP contribution < -0.4 is 0 Å². The topological polar surface area (TPSA) is 70.5 Å². The van der Waals surface area contributed by atoms with Gasteiger partial charge in [0.15, 0.2) is 0 Å². The van der Waals surface area contributed by atoms with Gasteiger partial charge < -0.3 is 10.0 Å². The standard InChI is InChI=1S/C18H20N2O3S/c1-11-5-3-4-6-14(11)16-19-15(10-24-16)17(21)20(13-7-8-13)9-12(2)18(22)23/h3-6,10,12-13H,7-9H2,1-2H3,(H,22,23). The number of carboxylic acid groups (broad SMARTS) is 1. The van der Waals surface area contributed by atoms with Crippen LogP contribution in [0.4, 0.5) is 0 Å². The molecule has 1 atom stereocenters. The van der Waals surface area contributed by atoms with Crippen LogP contribution in [0, 0.1) is 12.8 Å². The van der Waals surface area contributed by atoms with E-state index in [0.717, 1.165) is 29.0 Å². The highest BCUT2D eigenvalue weighted by Gasteiger charge is 2.35. The molecule has 1 amide bonds. The molecular weight excluding hydrogens is 324 g/mol. The van der Waals surface area contributed by atoms with Crippen molar-refractivity contribution in [3.63, 3.8) is 0 Å². The van der Waals surface area contributed by atoms with Gasteiger partial charge in [-0.25, -0.2) is 4.98 Å². The fraction of sp³-hybridized carbons (Fsp3) is 0.389. The second-order valence-electron chi connectivity index (χ2n) is 6.28. The van der Waals surface area contributed by atoms with E-state index in [1.807, 2.05) is 31.2 Å². The van der Waals surface area contributed by atoms with Gasteiger partial charge in [0, 0.05) is 23.5 Å². The van der Waals surface area contributed by atoms with Gasteiger partial charge in [0.2, 0.25) is 0 Å². The molecule has 3 rings (SSSR count). The average Bonchev–Trinajstić information content (AvgIpc) is 3.28. The Balaban J connectivity index is 1.81. The Hall–Kier alpha value is -2.21. The van der Waals surface area contributed by atoms with E-state index < -0.39 is 11.9 Å². The Bertz CT molecular complexity index is 767. The number of nitrogens with zero attached hydrogens (tertiary/aromatic N) is 2. The van der Waals surface area contributed by atoms with Crippen LogP contribution in [0.2, 0.25) is 0 Å². The zero-order chi connectivity index (χ0) is 17.3. The number of thiazole rings is 1. The molecular formula is C18H20N2O3S. The molecule has 0 spiro atoms. The van der Waals surface area contributed by atoms with Gasteiger partial charge in [-0.3, -0.25) is 9.59 Å². The van der Waals surface area contributed by atoms with E-state index in [-0.39, 0.29) is 18.5 Å². The zero-order valence-electron chi connectivity index (χ0n) is 13.7. The minimum absolute atomic E-state index is 0.155. The predicted octanol–water partition coefficient (Wildman–Crippen LogP) is 3.44. The van der Waals surface area contributed by atoms with Crippen LogP contribution in [0.15, 0.2) is 29.6 Å². The van der Waals surface area contributed by atoms with Crippen molar-refractivity contribution in [2.75, 3.05) is 6.54 Å². The van der Waals surface area contributed by atoms with Crippen molar-refractivity contribution in [1.82, 2.24) is 9.88 Å². The summed E-state index contributed by atoms with van der Waals surface area (Å²) in [6, 6.07) is 8.09. The van der Waals surface area contributed by atoms with Crippen LogP contribution >= 0.6 is 11.3 Å². The number of aryl methyl sites for hydroxylation is 1. The summed E-state index contributed by atoms with van der Waals surface area (Å²) in [7, 11) is 0. The molecule has 24 heavy (non-hydrogen) atoms. The molecule has 0 saturated heterocycles. The first kappa shape index (κ1) is 16.6. The number of carbonyl (C=O) groups excluding carboxylic acids is 1. The van der Waals surface area contributed by atoms with Gasteiger partial charge in [-0.05, 0) is 25.3 Å². The SMILES string of the molecule is Cc1ccccc1-c1nc(C(=O)N(CC(C)C(=O)O)C2CC2)cs1. The molecule has 1 unspecified atom stereocenters. The molecule has 1 heterocycles. The predicted molar refractivity (Wildman–Crippen MR) is 93.1 cm³/mol. The third-order valence-corrected chi connectivity index (χ3v) is 5.11. The number of hydrogen-bond donors (Lipinski definition) is 1. The summed E-state index contributed by atoms with van der Waals surface area (Å²) in [6.45, 7) is 3.88. The third-order valence-electron chi connectivity index (χ3n) is 4.24. The van der Waals surface area contributed by atoms with Gasteiger partial charge in [-0.1, -0.05) is 31.2 Å². The maximum Gasteiger partial charge on any atom is 0.308 e. The van der Waals surface area contributed by atoms with Crippen molar-refractivity contribution in [3.8, 4) is 10.6 Å². The molecule has 0 radical (unpaired) electrons. The Morgan fingerprint density at radius 2 is 2.08 bits per heavy atom. The largest absolute Gasteiger partial charge is 0.481 e. The number of aliphatic carboxylic acids is 1. The maximum absolute atomic E-state index is 12.8. The lowest BCUT2D eigenvalue weighted by Gasteiger charge is -2.23. The molecule has 0 bridgehead atoms. The third kappa shape index (κ3) is 3.48. The highest BCUT2D eigenvalue weighted by atomic mass is 32.1. The molecule has 1 aliphatic rings. The number of benzene rings is 1. The summed E-state index contributed by atoms with van der Waals surface area (Å²) in [5.41, 5.74) is 2.55. The van der Waals surface area contributed by atoms with Gasteiger partial charge in [0.25, 0.3) is 5.91 Å². The van der Waals surface area contributed by atoms with Crippen molar-refractivity contribution in [2.45, 2.75) is 32.7 Å². The van der Waals surface area contributed by atoms with Crippen LogP contribution in [0.3, 0.4) is 0 Å². The van der Waals surface area contributed by atoms with E-state index in [1.165, 1.54) is 11.3 Å². The van der Waals surface area contributed by atoms with Crippen molar-refractivity contribution >= 4 is 23.2 Å². The minimum atomic E-state index is -0.882. The molecule has 1 aliphatic carbocycles. The monoisotopic (exact) mass is 344 g/mol. The molecule has 126 valence electrons. The second-order valence-corrected chi connectivity index (χ2v) is 7.14. The van der Waals surface area contributed by atoms with E-state index in [0.29, 0.717) is 5.69 Å². The van der Waals surface area contributed by atoms with Crippen LogP contribution in [-0.4, -0.2) is 39.5 Å². The number of rotatable bonds is 6. The first-order chi connectivity index (χ1) is 11.5. The van der Waals surface area contributed by atoms with E-state index >= 15 is 0 Å². The highest BCUT2D eigenvalue weighted by Crippen LogP contribution is 2.31. The molecule has 5 nitrogen and oxygen atoms in total. The number of aromatic nitrogens is 1. The van der Waals surface area contributed by atoms with E-state index in [9.17, 15) is 9.59 Å². The lowest BCUT2D eigenvalue weighted by molar-refractivity contribution is -0.141. The Kier molecular flexibility index (Phi) is 4.66. The van der Waals surface area contributed by atoms with Crippen LogP contribution in [0.1, 0.15) is 35.8 Å². The van der Waals surface area contributed by atoms with Crippen molar-refractivity contribution in [1.29, 1.82) is 0 Å². The van der Waals surface area contributed by atoms with Crippen molar-refractivity contribution < 1.29 is 14.7 Å². The first-order valence-electron chi connectivity index (χ1n) is 8.02. The fourth-order valence-electron chi connectivity index (χ4n) is 2.61. The number of hydrogen-bond acceptors (Lipinski definition) is 4. The van der Waals surface area contributed by atoms with Gasteiger partial charge >= 0.3 is 5.97 Å². The van der Waals surface area contributed by atoms with Crippen LogP contribution in [0.5, 0.6) is 0 Å². The van der Waals surface area contributed by atoms with Gasteiger partial charge in [-0.15, -0.1) is 11.3 Å². The maximum atomic E-state index is 12.8. The lowest BCUT2D eigenvalue weighted by atomic mass is 10.1. The van der Waals surface area contributed by atoms with Gasteiger partial charge in [0.05, 0.1) is 5.92 Å². The minimum Gasteiger partial charge on any atom is -0.481 e. The van der Waals surface area contributed by atoms with Gasteiger partial charge in [0.1, 0.15) is 10.7 Å². The first-order valence-corrected chi connectivity index (χ1v) is 8.90. The van der Waals surface area contributed by atoms with Gasteiger partial charge in [-0.2, -0.15) is 0 Å². The molecule has 1 fully saturated rings. The Labute approximate surface area is 145 Å². The van der Waals surface area contributed by atoms with Crippen LogP contribution in [0.25, 0.3) is 10.6 Å². The zero-order valence-corrected chi connectivity index (χ0v) is 14.5. The van der Waals surface area contributed by atoms with E-state index in [1.54, 1.807) is 17.2 Å². The summed E-state index contributed by atoms with van der Waals surface area (Å²) in [4.78, 5) is 30.1. The van der Waals surface area contributed by atoms with Crippen LogP contribution in [-0.2, 0) is 4.79 Å². The molecule has 1 aromatic carbocycles. The molecule has 0 aliphatic heterocycles. The summed E-state index contributed by atoms with van der Waals surface area (Å²) in [5, 5.41) is 11.7. The van der Waals surface area contributed by atoms with E-state index in [2.05, 4.69) is 4.98 Å². The fourth-order valence-corrected chi connectivity index (χ4v) is 3.50. The smallest absolute Gasteiger partial charge is 0.308 e. The quantitative estimate of drug-likeness (QED) is 0.871.